The summed E-state index contributed by atoms with van der Waals surface area (Å²) in [4.78, 5) is 47.1. The average Bonchev–Trinajstić information content (AvgIpc) is 3.40. The molecular formula is C30H34ClN3O7. The third kappa shape index (κ3) is 10.7. The molecule has 0 bridgehead atoms. The minimum absolute atomic E-state index is 0.00332. The Labute approximate surface area is 243 Å². The van der Waals surface area contributed by atoms with E-state index in [4.69, 9.17) is 26.3 Å². The zero-order chi connectivity index (χ0) is 29.8. The number of carboxylic acid groups (broad SMARTS) is 2. The van der Waals surface area contributed by atoms with Gasteiger partial charge in [-0.3, -0.25) is 19.2 Å². The van der Waals surface area contributed by atoms with E-state index in [0.717, 1.165) is 16.7 Å². The first-order valence-corrected chi connectivity index (χ1v) is 13.8. The second kappa shape index (κ2) is 15.6. The molecule has 0 saturated carbocycles. The predicted molar refractivity (Wildman–Crippen MR) is 153 cm³/mol. The van der Waals surface area contributed by atoms with Gasteiger partial charge in [0.25, 0.3) is 0 Å². The molecule has 0 spiro atoms. The Kier molecular flexibility index (Phi) is 11.9. The zero-order valence-corrected chi connectivity index (χ0v) is 23.5. The maximum absolute atomic E-state index is 12.8. The summed E-state index contributed by atoms with van der Waals surface area (Å²) in [5.74, 6) is -2.21. The highest BCUT2D eigenvalue weighted by Crippen LogP contribution is 2.26. The monoisotopic (exact) mass is 583 g/mol. The van der Waals surface area contributed by atoms with Gasteiger partial charge < -0.3 is 25.4 Å². The molecule has 2 atom stereocenters. The average molecular weight is 584 g/mol. The fraction of sp³-hybridized carbons (Fsp3) is 0.367. The largest absolute Gasteiger partial charge is 0.481 e. The lowest BCUT2D eigenvalue weighted by Gasteiger charge is -2.21. The number of halogens is 1. The Morgan fingerprint density at radius 2 is 1.51 bits per heavy atom. The highest BCUT2D eigenvalue weighted by Gasteiger charge is 2.22. The van der Waals surface area contributed by atoms with Gasteiger partial charge in [0.05, 0.1) is 0 Å². The van der Waals surface area contributed by atoms with Crippen LogP contribution in [0.3, 0.4) is 0 Å². The van der Waals surface area contributed by atoms with Crippen LogP contribution in [-0.4, -0.2) is 51.2 Å². The molecule has 0 aliphatic carbocycles. The molecule has 11 heteroatoms. The summed E-state index contributed by atoms with van der Waals surface area (Å²) in [7, 11) is 0. The maximum atomic E-state index is 12.8. The summed E-state index contributed by atoms with van der Waals surface area (Å²) < 4.78 is 5.42. The van der Waals surface area contributed by atoms with Crippen molar-refractivity contribution in [1.82, 2.24) is 15.8 Å². The number of aromatic nitrogens is 1. The minimum Gasteiger partial charge on any atom is -0.481 e. The van der Waals surface area contributed by atoms with Crippen molar-refractivity contribution in [2.75, 3.05) is 0 Å². The van der Waals surface area contributed by atoms with E-state index in [1.807, 2.05) is 48.5 Å². The molecule has 218 valence electrons. The summed E-state index contributed by atoms with van der Waals surface area (Å²) in [6.45, 7) is 1.75. The number of carbonyl (C=O) groups excluding carboxylic acids is 2. The first-order chi connectivity index (χ1) is 19.6. The lowest BCUT2D eigenvalue weighted by molar-refractivity contribution is -0.138. The summed E-state index contributed by atoms with van der Waals surface area (Å²) >= 11 is 6.09. The van der Waals surface area contributed by atoms with Crippen LogP contribution in [0.25, 0.3) is 22.4 Å². The summed E-state index contributed by atoms with van der Waals surface area (Å²) in [5, 5.41) is 28.0. The number of rotatable bonds is 16. The number of nitrogens with zero attached hydrogens (tertiary/aromatic N) is 1. The van der Waals surface area contributed by atoms with Crippen LogP contribution in [-0.2, 0) is 25.6 Å². The van der Waals surface area contributed by atoms with Crippen LogP contribution in [0.5, 0.6) is 0 Å². The minimum atomic E-state index is -0.988. The molecule has 0 aliphatic rings. The Morgan fingerprint density at radius 1 is 0.854 bits per heavy atom. The lowest BCUT2D eigenvalue weighted by atomic mass is 10.0. The first-order valence-electron chi connectivity index (χ1n) is 13.5. The summed E-state index contributed by atoms with van der Waals surface area (Å²) in [5.41, 5.74) is 3.48. The van der Waals surface area contributed by atoms with E-state index in [9.17, 15) is 19.2 Å². The van der Waals surface area contributed by atoms with Gasteiger partial charge in [-0.05, 0) is 55.9 Å². The number of amides is 2. The standard InChI is InChI=1S/C30H34ClN3O7/c1-19(5-2-9-28(36)37)32-30(40)25(8-4-10-29(38)39)33-27(35)16-15-24-18-26(34-41-24)21-13-11-20(12-14-21)22-6-3-7-23(31)17-22/h3,6-7,11-14,17-19,25H,2,4-5,8-10,15-16H2,1H3,(H,32,40)(H,33,35)(H,36,37)(H,38,39)/t19-,25+/m1/s1. The fourth-order valence-electron chi connectivity index (χ4n) is 4.27. The van der Waals surface area contributed by atoms with Crippen LogP contribution in [0.1, 0.15) is 57.6 Å². The van der Waals surface area contributed by atoms with Crippen molar-refractivity contribution in [2.24, 2.45) is 0 Å². The van der Waals surface area contributed by atoms with E-state index in [2.05, 4.69) is 15.8 Å². The Bertz CT molecular complexity index is 1340. The van der Waals surface area contributed by atoms with Crippen molar-refractivity contribution in [2.45, 2.75) is 70.4 Å². The molecule has 0 saturated heterocycles. The number of carboxylic acids is 2. The van der Waals surface area contributed by atoms with Gasteiger partial charge >= 0.3 is 11.9 Å². The summed E-state index contributed by atoms with van der Waals surface area (Å²) in [6.07, 6.45) is 1.40. The predicted octanol–water partition coefficient (Wildman–Crippen LogP) is 5.09. The topological polar surface area (TPSA) is 159 Å². The fourth-order valence-corrected chi connectivity index (χ4v) is 4.46. The van der Waals surface area contributed by atoms with Gasteiger partial charge in [0.15, 0.2) is 0 Å². The van der Waals surface area contributed by atoms with Crippen molar-refractivity contribution in [3.8, 4) is 22.4 Å². The molecule has 10 nitrogen and oxygen atoms in total. The number of aryl methyl sites for hydroxylation is 1. The number of benzene rings is 2. The number of hydrogen-bond acceptors (Lipinski definition) is 6. The van der Waals surface area contributed by atoms with Crippen LogP contribution >= 0.6 is 11.6 Å². The number of hydrogen-bond donors (Lipinski definition) is 4. The Hall–Kier alpha value is -4.18. The van der Waals surface area contributed by atoms with Crippen molar-refractivity contribution < 1.29 is 33.9 Å². The van der Waals surface area contributed by atoms with Crippen LogP contribution < -0.4 is 10.6 Å². The Balaban J connectivity index is 1.54. The van der Waals surface area contributed by atoms with E-state index in [-0.39, 0.29) is 50.5 Å². The molecule has 0 radical (unpaired) electrons. The molecule has 3 rings (SSSR count). The lowest BCUT2D eigenvalue weighted by Crippen LogP contribution is -2.49. The van der Waals surface area contributed by atoms with Gasteiger partial charge in [-0.1, -0.05) is 53.2 Å². The third-order valence-corrected chi connectivity index (χ3v) is 6.68. The van der Waals surface area contributed by atoms with Crippen molar-refractivity contribution in [1.29, 1.82) is 0 Å². The van der Waals surface area contributed by atoms with E-state index in [0.29, 0.717) is 29.3 Å². The molecule has 2 amide bonds. The maximum Gasteiger partial charge on any atom is 0.303 e. The number of nitrogens with one attached hydrogen (secondary N) is 2. The van der Waals surface area contributed by atoms with Crippen LogP contribution in [0.4, 0.5) is 0 Å². The highest BCUT2D eigenvalue weighted by atomic mass is 35.5. The molecule has 1 heterocycles. The van der Waals surface area contributed by atoms with E-state index >= 15 is 0 Å². The second-order valence-corrected chi connectivity index (χ2v) is 10.3. The van der Waals surface area contributed by atoms with Crippen molar-refractivity contribution in [3.63, 3.8) is 0 Å². The quantitative estimate of drug-likeness (QED) is 0.181. The van der Waals surface area contributed by atoms with Gasteiger partial charge in [0.2, 0.25) is 11.8 Å². The van der Waals surface area contributed by atoms with Crippen LogP contribution in [0, 0.1) is 0 Å². The highest BCUT2D eigenvalue weighted by molar-refractivity contribution is 6.30. The molecule has 4 N–H and O–H groups in total. The van der Waals surface area contributed by atoms with Gasteiger partial charge in [0, 0.05) is 48.4 Å². The number of carbonyl (C=O) groups is 4. The molecule has 41 heavy (non-hydrogen) atoms. The van der Waals surface area contributed by atoms with Gasteiger partial charge in [-0.2, -0.15) is 0 Å². The van der Waals surface area contributed by atoms with Gasteiger partial charge in [-0.15, -0.1) is 0 Å². The third-order valence-electron chi connectivity index (χ3n) is 6.45. The molecule has 1 aromatic heterocycles. The number of aliphatic carboxylic acids is 2. The van der Waals surface area contributed by atoms with E-state index in [1.54, 1.807) is 13.0 Å². The molecule has 0 unspecified atom stereocenters. The Morgan fingerprint density at radius 3 is 2.17 bits per heavy atom. The first kappa shape index (κ1) is 31.3. The normalized spacial score (nSPS) is 12.3. The molecule has 0 aliphatic heterocycles. The van der Waals surface area contributed by atoms with E-state index < -0.39 is 23.9 Å². The smallest absolute Gasteiger partial charge is 0.303 e. The van der Waals surface area contributed by atoms with Gasteiger partial charge in [0.1, 0.15) is 17.5 Å². The molecular weight excluding hydrogens is 550 g/mol. The van der Waals surface area contributed by atoms with Gasteiger partial charge in [-0.25, -0.2) is 0 Å². The van der Waals surface area contributed by atoms with Crippen LogP contribution in [0.15, 0.2) is 59.1 Å². The SMILES string of the molecule is C[C@H](CCCC(=O)O)NC(=O)[C@H](CCCC(=O)O)NC(=O)CCc1cc(-c2ccc(-c3cccc(Cl)c3)cc2)no1. The van der Waals surface area contributed by atoms with Crippen LogP contribution in [0.2, 0.25) is 5.02 Å². The second-order valence-electron chi connectivity index (χ2n) is 9.87. The molecule has 3 aromatic rings. The van der Waals surface area contributed by atoms with E-state index in [1.165, 1.54) is 0 Å². The zero-order valence-electron chi connectivity index (χ0n) is 22.8. The van der Waals surface area contributed by atoms with Crippen molar-refractivity contribution in [3.05, 3.63) is 65.4 Å². The summed E-state index contributed by atoms with van der Waals surface area (Å²) in [6, 6.07) is 15.9. The molecule has 0 fully saturated rings. The molecule has 2 aromatic carbocycles. The van der Waals surface area contributed by atoms with Crippen molar-refractivity contribution >= 4 is 35.4 Å².